The summed E-state index contributed by atoms with van der Waals surface area (Å²) in [6, 6.07) is 14.4. The zero-order chi connectivity index (χ0) is 17.7. The van der Waals surface area contributed by atoms with Crippen molar-refractivity contribution >= 4 is 5.91 Å². The van der Waals surface area contributed by atoms with E-state index in [0.29, 0.717) is 12.1 Å². The van der Waals surface area contributed by atoms with Gasteiger partial charge < -0.3 is 9.64 Å². The third-order valence-electron chi connectivity index (χ3n) is 3.41. The summed E-state index contributed by atoms with van der Waals surface area (Å²) in [6.45, 7) is 4.21. The van der Waals surface area contributed by atoms with Gasteiger partial charge in [0.15, 0.2) is 0 Å². The molecule has 1 amide bonds. The third kappa shape index (κ3) is 5.01. The highest BCUT2D eigenvalue weighted by Crippen LogP contribution is 2.23. The van der Waals surface area contributed by atoms with Crippen molar-refractivity contribution < 1.29 is 22.7 Å². The lowest BCUT2D eigenvalue weighted by Crippen LogP contribution is -2.36. The first-order valence-electron chi connectivity index (χ1n) is 7.47. The summed E-state index contributed by atoms with van der Waals surface area (Å²) in [7, 11) is 0. The van der Waals surface area contributed by atoms with Crippen LogP contribution in [0, 0.1) is 0 Å². The standard InChI is InChI=1S/C18H18F3NO2/c1-13(2)22(12-14-6-4-3-5-7-14)17(23)15-8-10-16(11-9-15)24-18(19,20)21/h3-11,13H,12H2,1-2H3. The molecule has 0 aliphatic carbocycles. The maximum Gasteiger partial charge on any atom is 0.573 e. The van der Waals surface area contributed by atoms with Crippen molar-refractivity contribution in [2.45, 2.75) is 32.8 Å². The van der Waals surface area contributed by atoms with Gasteiger partial charge in [0.1, 0.15) is 5.75 Å². The van der Waals surface area contributed by atoms with Crippen LogP contribution in [0.25, 0.3) is 0 Å². The predicted octanol–water partition coefficient (Wildman–Crippen LogP) is 4.64. The first-order chi connectivity index (χ1) is 11.3. The molecule has 2 aromatic rings. The molecular weight excluding hydrogens is 319 g/mol. The van der Waals surface area contributed by atoms with Crippen molar-refractivity contribution in [2.75, 3.05) is 0 Å². The highest BCUT2D eigenvalue weighted by molar-refractivity contribution is 5.94. The number of carbonyl (C=O) groups excluding carboxylic acids is 1. The quantitative estimate of drug-likeness (QED) is 0.796. The van der Waals surface area contributed by atoms with Gasteiger partial charge in [-0.2, -0.15) is 0 Å². The van der Waals surface area contributed by atoms with Crippen LogP contribution in [-0.4, -0.2) is 23.2 Å². The van der Waals surface area contributed by atoms with Crippen LogP contribution in [0.3, 0.4) is 0 Å². The Labute approximate surface area is 138 Å². The molecule has 128 valence electrons. The van der Waals surface area contributed by atoms with E-state index in [4.69, 9.17) is 0 Å². The highest BCUT2D eigenvalue weighted by atomic mass is 19.4. The lowest BCUT2D eigenvalue weighted by molar-refractivity contribution is -0.274. The molecule has 2 rings (SSSR count). The summed E-state index contributed by atoms with van der Waals surface area (Å²) < 4.78 is 40.4. The second-order valence-corrected chi connectivity index (χ2v) is 5.58. The van der Waals surface area contributed by atoms with E-state index < -0.39 is 6.36 Å². The van der Waals surface area contributed by atoms with Crippen LogP contribution in [0.1, 0.15) is 29.8 Å². The third-order valence-corrected chi connectivity index (χ3v) is 3.41. The Kier molecular flexibility index (Phi) is 5.49. The highest BCUT2D eigenvalue weighted by Gasteiger charge is 2.31. The van der Waals surface area contributed by atoms with Crippen LogP contribution in [0.5, 0.6) is 5.75 Å². The van der Waals surface area contributed by atoms with E-state index in [2.05, 4.69) is 4.74 Å². The number of alkyl halides is 3. The minimum atomic E-state index is -4.75. The second-order valence-electron chi connectivity index (χ2n) is 5.58. The number of benzene rings is 2. The van der Waals surface area contributed by atoms with E-state index in [9.17, 15) is 18.0 Å². The van der Waals surface area contributed by atoms with E-state index in [1.807, 2.05) is 44.2 Å². The molecule has 3 nitrogen and oxygen atoms in total. The molecule has 0 aliphatic heterocycles. The van der Waals surface area contributed by atoms with Crippen molar-refractivity contribution in [3.63, 3.8) is 0 Å². The van der Waals surface area contributed by atoms with Gasteiger partial charge in [0.25, 0.3) is 5.91 Å². The Bertz CT molecular complexity index is 667. The van der Waals surface area contributed by atoms with Crippen LogP contribution >= 0.6 is 0 Å². The summed E-state index contributed by atoms with van der Waals surface area (Å²) in [6.07, 6.45) is -4.75. The predicted molar refractivity (Wildman–Crippen MR) is 84.6 cm³/mol. The van der Waals surface area contributed by atoms with Gasteiger partial charge in [-0.15, -0.1) is 13.2 Å². The molecule has 0 unspecified atom stereocenters. The number of amides is 1. The Morgan fingerprint density at radius 3 is 2.12 bits per heavy atom. The summed E-state index contributed by atoms with van der Waals surface area (Å²) in [5, 5.41) is 0. The normalized spacial score (nSPS) is 11.4. The molecule has 0 bridgehead atoms. The lowest BCUT2D eigenvalue weighted by Gasteiger charge is -2.27. The summed E-state index contributed by atoms with van der Waals surface area (Å²) in [4.78, 5) is 14.3. The summed E-state index contributed by atoms with van der Waals surface area (Å²) >= 11 is 0. The monoisotopic (exact) mass is 337 g/mol. The van der Waals surface area contributed by atoms with E-state index in [-0.39, 0.29) is 17.7 Å². The van der Waals surface area contributed by atoms with Crippen molar-refractivity contribution in [3.8, 4) is 5.75 Å². The van der Waals surface area contributed by atoms with Gasteiger partial charge >= 0.3 is 6.36 Å². The maximum absolute atomic E-state index is 12.7. The molecule has 0 aromatic heterocycles. The molecule has 0 fully saturated rings. The van der Waals surface area contributed by atoms with Crippen molar-refractivity contribution in [1.29, 1.82) is 0 Å². The van der Waals surface area contributed by atoms with Crippen LogP contribution in [-0.2, 0) is 6.54 Å². The van der Waals surface area contributed by atoms with Gasteiger partial charge in [0.05, 0.1) is 0 Å². The minimum Gasteiger partial charge on any atom is -0.406 e. The lowest BCUT2D eigenvalue weighted by atomic mass is 10.1. The van der Waals surface area contributed by atoms with Crippen molar-refractivity contribution in [2.24, 2.45) is 0 Å². The van der Waals surface area contributed by atoms with Crippen LogP contribution < -0.4 is 4.74 Å². The fourth-order valence-corrected chi connectivity index (χ4v) is 2.23. The van der Waals surface area contributed by atoms with Gasteiger partial charge in [0.2, 0.25) is 0 Å². The number of hydrogen-bond acceptors (Lipinski definition) is 2. The molecule has 0 atom stereocenters. The second kappa shape index (κ2) is 7.38. The van der Waals surface area contributed by atoms with E-state index >= 15 is 0 Å². The Hall–Kier alpha value is -2.50. The molecule has 0 radical (unpaired) electrons. The molecular formula is C18H18F3NO2. The number of halogens is 3. The number of nitrogens with zero attached hydrogens (tertiary/aromatic N) is 1. The molecule has 0 heterocycles. The number of ether oxygens (including phenoxy) is 1. The molecule has 0 saturated carbocycles. The van der Waals surface area contributed by atoms with Crippen molar-refractivity contribution in [3.05, 3.63) is 65.7 Å². The topological polar surface area (TPSA) is 29.5 Å². The average molecular weight is 337 g/mol. The maximum atomic E-state index is 12.7. The zero-order valence-corrected chi connectivity index (χ0v) is 13.4. The Balaban J connectivity index is 2.15. The van der Waals surface area contributed by atoms with Crippen LogP contribution in [0.4, 0.5) is 13.2 Å². The van der Waals surface area contributed by atoms with Gasteiger partial charge in [-0.1, -0.05) is 30.3 Å². The molecule has 2 aromatic carbocycles. The summed E-state index contributed by atoms with van der Waals surface area (Å²) in [5.74, 6) is -0.592. The van der Waals surface area contributed by atoms with Crippen molar-refractivity contribution in [1.82, 2.24) is 4.90 Å². The van der Waals surface area contributed by atoms with Gasteiger partial charge in [-0.3, -0.25) is 4.79 Å². The number of hydrogen-bond donors (Lipinski definition) is 0. The number of rotatable bonds is 5. The molecule has 0 spiro atoms. The fraction of sp³-hybridized carbons (Fsp3) is 0.278. The molecule has 0 aliphatic rings. The fourth-order valence-electron chi connectivity index (χ4n) is 2.23. The Morgan fingerprint density at radius 1 is 1.04 bits per heavy atom. The van der Waals surface area contributed by atoms with Crippen LogP contribution in [0.2, 0.25) is 0 Å². The first kappa shape index (κ1) is 17.8. The smallest absolute Gasteiger partial charge is 0.406 e. The molecule has 0 saturated heterocycles. The number of carbonyl (C=O) groups is 1. The van der Waals surface area contributed by atoms with E-state index in [1.54, 1.807) is 4.90 Å². The van der Waals surface area contributed by atoms with Gasteiger partial charge in [-0.25, -0.2) is 0 Å². The average Bonchev–Trinajstić information content (AvgIpc) is 2.52. The largest absolute Gasteiger partial charge is 0.573 e. The van der Waals surface area contributed by atoms with E-state index in [0.717, 1.165) is 17.7 Å². The molecule has 0 N–H and O–H groups in total. The van der Waals surface area contributed by atoms with Crippen LogP contribution in [0.15, 0.2) is 54.6 Å². The summed E-state index contributed by atoms with van der Waals surface area (Å²) in [5.41, 5.74) is 1.30. The van der Waals surface area contributed by atoms with Gasteiger partial charge in [0, 0.05) is 18.2 Å². The Morgan fingerprint density at radius 2 is 1.62 bits per heavy atom. The molecule has 24 heavy (non-hydrogen) atoms. The van der Waals surface area contributed by atoms with Gasteiger partial charge in [-0.05, 0) is 43.7 Å². The van der Waals surface area contributed by atoms with E-state index in [1.165, 1.54) is 12.1 Å². The minimum absolute atomic E-state index is 0.0520. The molecule has 6 heteroatoms. The SMILES string of the molecule is CC(C)N(Cc1ccccc1)C(=O)c1ccc(OC(F)(F)F)cc1. The zero-order valence-electron chi connectivity index (χ0n) is 13.4. The first-order valence-corrected chi connectivity index (χ1v) is 7.47.